The highest BCUT2D eigenvalue weighted by molar-refractivity contribution is 7.16. The summed E-state index contributed by atoms with van der Waals surface area (Å²) in [6.07, 6.45) is 1.91. The van der Waals surface area contributed by atoms with Gasteiger partial charge >= 0.3 is 0 Å². The number of aliphatic hydroxyl groups is 1. The zero-order valence-corrected chi connectivity index (χ0v) is 12.2. The molecule has 2 N–H and O–H groups in total. The predicted molar refractivity (Wildman–Crippen MR) is 77.8 cm³/mol. The van der Waals surface area contributed by atoms with Crippen molar-refractivity contribution in [3.8, 4) is 0 Å². The molecule has 2 aromatic rings. The molecule has 0 saturated heterocycles. The second-order valence-electron chi connectivity index (χ2n) is 4.94. The van der Waals surface area contributed by atoms with E-state index in [2.05, 4.69) is 10.3 Å². The molecule has 2 heterocycles. The zero-order chi connectivity index (χ0) is 14.8. The molecule has 1 unspecified atom stereocenters. The summed E-state index contributed by atoms with van der Waals surface area (Å²) in [5, 5.41) is 14.7. The summed E-state index contributed by atoms with van der Waals surface area (Å²) >= 11 is 1.39. The van der Waals surface area contributed by atoms with Crippen LogP contribution in [0, 0.1) is 0 Å². The number of nitrogens with one attached hydrogen (secondary N) is 1. The van der Waals surface area contributed by atoms with Gasteiger partial charge in [0.2, 0.25) is 5.91 Å². The summed E-state index contributed by atoms with van der Waals surface area (Å²) in [6, 6.07) is 1.70. The summed E-state index contributed by atoms with van der Waals surface area (Å²) in [4.78, 5) is 28.7. The number of thiophene rings is 1. The van der Waals surface area contributed by atoms with E-state index < -0.39 is 5.60 Å². The van der Waals surface area contributed by atoms with Crippen LogP contribution in [0.1, 0.15) is 20.3 Å². The lowest BCUT2D eigenvalue weighted by atomic mass is 10.0. The molecule has 108 valence electrons. The van der Waals surface area contributed by atoms with Gasteiger partial charge in [0.05, 0.1) is 17.3 Å². The number of hydrogen-bond acceptors (Lipinski definition) is 5. The van der Waals surface area contributed by atoms with E-state index in [0.717, 1.165) is 0 Å². The second kappa shape index (κ2) is 5.72. The Morgan fingerprint density at radius 1 is 1.60 bits per heavy atom. The van der Waals surface area contributed by atoms with Crippen molar-refractivity contribution in [3.63, 3.8) is 0 Å². The number of amides is 1. The fourth-order valence-electron chi connectivity index (χ4n) is 1.63. The Balaban J connectivity index is 2.07. The largest absolute Gasteiger partial charge is 0.388 e. The molecule has 2 rings (SSSR count). The van der Waals surface area contributed by atoms with Crippen LogP contribution in [0.3, 0.4) is 0 Å². The Morgan fingerprint density at radius 3 is 3.05 bits per heavy atom. The Labute approximate surface area is 120 Å². The van der Waals surface area contributed by atoms with Crippen LogP contribution in [0.2, 0.25) is 0 Å². The van der Waals surface area contributed by atoms with Crippen LogP contribution in [0.25, 0.3) is 10.2 Å². The fourth-order valence-corrected chi connectivity index (χ4v) is 2.35. The highest BCUT2D eigenvalue weighted by Crippen LogP contribution is 2.13. The van der Waals surface area contributed by atoms with E-state index in [9.17, 15) is 14.7 Å². The monoisotopic (exact) mass is 295 g/mol. The van der Waals surface area contributed by atoms with Gasteiger partial charge in [-0.2, -0.15) is 0 Å². The Bertz CT molecular complexity index is 675. The first kappa shape index (κ1) is 14.7. The summed E-state index contributed by atoms with van der Waals surface area (Å²) < 4.78 is 1.27. The van der Waals surface area contributed by atoms with E-state index in [-0.39, 0.29) is 24.6 Å². The molecule has 0 radical (unpaired) electrons. The maximum atomic E-state index is 12.1. The standard InChI is InChI=1S/C13H17N3O3S/c1-3-13(2,19)7-14-10(17)6-16-8-15-11-9(12(16)18)4-5-20-11/h4-5,8,19H,3,6-7H2,1-2H3,(H,14,17). The maximum absolute atomic E-state index is 12.1. The lowest BCUT2D eigenvalue weighted by Crippen LogP contribution is -2.42. The number of hydrogen-bond donors (Lipinski definition) is 2. The van der Waals surface area contributed by atoms with Gasteiger partial charge < -0.3 is 10.4 Å². The van der Waals surface area contributed by atoms with Crippen LogP contribution in [0.4, 0.5) is 0 Å². The molecule has 6 nitrogen and oxygen atoms in total. The summed E-state index contributed by atoms with van der Waals surface area (Å²) in [5.41, 5.74) is -1.16. The average Bonchev–Trinajstić information content (AvgIpc) is 2.89. The third-order valence-corrected chi connectivity index (χ3v) is 4.01. The molecule has 2 aromatic heterocycles. The smallest absolute Gasteiger partial charge is 0.262 e. The number of carbonyl (C=O) groups excluding carboxylic acids is 1. The zero-order valence-electron chi connectivity index (χ0n) is 11.4. The van der Waals surface area contributed by atoms with Gasteiger partial charge in [0.15, 0.2) is 0 Å². The van der Waals surface area contributed by atoms with Crippen molar-refractivity contribution in [3.05, 3.63) is 28.1 Å². The lowest BCUT2D eigenvalue weighted by molar-refractivity contribution is -0.122. The van der Waals surface area contributed by atoms with Crippen LogP contribution >= 0.6 is 11.3 Å². The molecular formula is C13H17N3O3S. The Morgan fingerprint density at radius 2 is 2.35 bits per heavy atom. The molecule has 0 bridgehead atoms. The lowest BCUT2D eigenvalue weighted by Gasteiger charge is -2.21. The second-order valence-corrected chi connectivity index (χ2v) is 5.84. The molecule has 0 aliphatic carbocycles. The SMILES string of the molecule is CCC(C)(O)CNC(=O)Cn1cnc2sccc2c1=O. The third kappa shape index (κ3) is 3.23. The van der Waals surface area contributed by atoms with E-state index in [1.54, 1.807) is 18.4 Å². The molecule has 0 aliphatic heterocycles. The normalized spacial score (nSPS) is 14.2. The van der Waals surface area contributed by atoms with Gasteiger partial charge in [0.1, 0.15) is 11.4 Å². The van der Waals surface area contributed by atoms with Gasteiger partial charge in [0.25, 0.3) is 5.56 Å². The van der Waals surface area contributed by atoms with Crippen molar-refractivity contribution in [2.45, 2.75) is 32.4 Å². The summed E-state index contributed by atoms with van der Waals surface area (Å²) in [5.74, 6) is -0.322. The molecule has 0 spiro atoms. The highest BCUT2D eigenvalue weighted by Gasteiger charge is 2.18. The minimum absolute atomic E-state index is 0.0998. The molecule has 0 aliphatic rings. The number of rotatable bonds is 5. The molecule has 20 heavy (non-hydrogen) atoms. The van der Waals surface area contributed by atoms with Crippen molar-refractivity contribution in [2.24, 2.45) is 0 Å². The van der Waals surface area contributed by atoms with Crippen LogP contribution in [0.15, 0.2) is 22.6 Å². The Hall–Kier alpha value is -1.73. The first-order valence-corrected chi connectivity index (χ1v) is 7.22. The summed E-state index contributed by atoms with van der Waals surface area (Å²) in [7, 11) is 0. The average molecular weight is 295 g/mol. The van der Waals surface area contributed by atoms with Crippen molar-refractivity contribution in [1.82, 2.24) is 14.9 Å². The Kier molecular flexibility index (Phi) is 4.20. The topological polar surface area (TPSA) is 84.2 Å². The van der Waals surface area contributed by atoms with Gasteiger partial charge in [0, 0.05) is 6.54 Å². The van der Waals surface area contributed by atoms with Crippen molar-refractivity contribution < 1.29 is 9.90 Å². The van der Waals surface area contributed by atoms with E-state index in [0.29, 0.717) is 16.6 Å². The fraction of sp³-hybridized carbons (Fsp3) is 0.462. The molecule has 1 amide bonds. The van der Waals surface area contributed by atoms with Crippen molar-refractivity contribution >= 4 is 27.5 Å². The van der Waals surface area contributed by atoms with E-state index in [4.69, 9.17) is 0 Å². The van der Waals surface area contributed by atoms with Gasteiger partial charge in [-0.3, -0.25) is 14.2 Å². The number of carbonyl (C=O) groups is 1. The molecule has 1 atom stereocenters. The first-order chi connectivity index (χ1) is 9.43. The van der Waals surface area contributed by atoms with E-state index >= 15 is 0 Å². The molecule has 0 fully saturated rings. The van der Waals surface area contributed by atoms with Gasteiger partial charge in [-0.15, -0.1) is 11.3 Å². The van der Waals surface area contributed by atoms with Gasteiger partial charge in [-0.1, -0.05) is 6.92 Å². The quantitative estimate of drug-likeness (QED) is 0.852. The van der Waals surface area contributed by atoms with Gasteiger partial charge in [-0.25, -0.2) is 4.98 Å². The minimum atomic E-state index is -0.934. The van der Waals surface area contributed by atoms with Crippen LogP contribution in [-0.4, -0.2) is 32.7 Å². The van der Waals surface area contributed by atoms with Crippen LogP contribution < -0.4 is 10.9 Å². The number of fused-ring (bicyclic) bond motifs is 1. The predicted octanol–water partition coefficient (Wildman–Crippen LogP) is 0.735. The third-order valence-electron chi connectivity index (χ3n) is 3.19. The summed E-state index contributed by atoms with van der Waals surface area (Å²) in [6.45, 7) is 3.55. The molecule has 0 aromatic carbocycles. The first-order valence-electron chi connectivity index (χ1n) is 6.34. The van der Waals surface area contributed by atoms with Gasteiger partial charge in [-0.05, 0) is 24.8 Å². The molecular weight excluding hydrogens is 278 g/mol. The number of aromatic nitrogens is 2. The molecule has 7 heteroatoms. The van der Waals surface area contributed by atoms with E-state index in [1.807, 2.05) is 6.92 Å². The van der Waals surface area contributed by atoms with Crippen LogP contribution in [0.5, 0.6) is 0 Å². The maximum Gasteiger partial charge on any atom is 0.262 e. The van der Waals surface area contributed by atoms with Crippen molar-refractivity contribution in [1.29, 1.82) is 0 Å². The molecule has 0 saturated carbocycles. The van der Waals surface area contributed by atoms with Crippen LogP contribution in [-0.2, 0) is 11.3 Å². The van der Waals surface area contributed by atoms with E-state index in [1.165, 1.54) is 22.2 Å². The minimum Gasteiger partial charge on any atom is -0.388 e. The number of nitrogens with zero attached hydrogens (tertiary/aromatic N) is 2. The highest BCUT2D eigenvalue weighted by atomic mass is 32.1. The van der Waals surface area contributed by atoms with Crippen molar-refractivity contribution in [2.75, 3.05) is 6.54 Å².